The molecule has 1 spiro atoms. The number of likely N-dealkylation sites (N-methyl/N-ethyl adjacent to an activating group) is 3. The number of nitrogens with zero attached hydrogens (tertiary/aromatic N) is 3. The summed E-state index contributed by atoms with van der Waals surface area (Å²) < 4.78 is 5.55. The van der Waals surface area contributed by atoms with Gasteiger partial charge in [0.25, 0.3) is 5.91 Å². The van der Waals surface area contributed by atoms with E-state index in [2.05, 4.69) is 24.1 Å². The second kappa shape index (κ2) is 6.69. The maximum Gasteiger partial charge on any atom is 0.327 e. The second-order valence-electron chi connectivity index (χ2n) is 9.76. The Balaban J connectivity index is 1.71. The summed E-state index contributed by atoms with van der Waals surface area (Å²) in [4.78, 5) is 32.2. The zero-order valence-electron chi connectivity index (χ0n) is 19.0. The van der Waals surface area contributed by atoms with Crippen LogP contribution in [0.25, 0.3) is 0 Å². The van der Waals surface area contributed by atoms with Crippen LogP contribution in [0.3, 0.4) is 0 Å². The maximum atomic E-state index is 13.7. The lowest BCUT2D eigenvalue weighted by atomic mass is 9.46. The molecule has 0 radical (unpaired) electrons. The van der Waals surface area contributed by atoms with Crippen molar-refractivity contribution >= 4 is 11.9 Å². The van der Waals surface area contributed by atoms with Gasteiger partial charge in [0, 0.05) is 24.5 Å². The van der Waals surface area contributed by atoms with Crippen LogP contribution in [0, 0.1) is 0 Å². The van der Waals surface area contributed by atoms with Crippen molar-refractivity contribution in [2.45, 2.75) is 68.5 Å². The third-order valence-corrected chi connectivity index (χ3v) is 8.82. The van der Waals surface area contributed by atoms with Gasteiger partial charge in [-0.25, -0.2) is 4.79 Å². The Morgan fingerprint density at radius 3 is 2.61 bits per heavy atom. The van der Waals surface area contributed by atoms with E-state index in [9.17, 15) is 14.7 Å². The number of rotatable bonds is 3. The Morgan fingerprint density at radius 2 is 1.94 bits per heavy atom. The van der Waals surface area contributed by atoms with Gasteiger partial charge in [0.1, 0.15) is 11.3 Å². The number of aliphatic hydroxyl groups is 1. The minimum Gasteiger partial charge on any atom is -0.497 e. The summed E-state index contributed by atoms with van der Waals surface area (Å²) in [5.74, 6) is 0.674. The molecule has 1 aromatic rings. The Kier molecular flexibility index (Phi) is 4.48. The quantitative estimate of drug-likeness (QED) is 0.749. The number of hydrogen-bond donors (Lipinski definition) is 1. The van der Waals surface area contributed by atoms with E-state index in [1.165, 1.54) is 10.5 Å². The van der Waals surface area contributed by atoms with Crippen molar-refractivity contribution in [3.63, 3.8) is 0 Å². The van der Waals surface area contributed by atoms with Crippen LogP contribution in [0.1, 0.15) is 50.7 Å². The molecule has 1 N–H and O–H groups in total. The van der Waals surface area contributed by atoms with Crippen LogP contribution >= 0.6 is 0 Å². The number of methoxy groups -OCH3 is 1. The highest BCUT2D eigenvalue weighted by atomic mass is 16.5. The summed E-state index contributed by atoms with van der Waals surface area (Å²) in [6.07, 6.45) is 3.02. The van der Waals surface area contributed by atoms with Gasteiger partial charge in [-0.1, -0.05) is 6.07 Å². The first-order chi connectivity index (χ1) is 14.8. The Hall–Kier alpha value is -2.12. The molecule has 31 heavy (non-hydrogen) atoms. The Morgan fingerprint density at radius 1 is 1.16 bits per heavy atom. The highest BCUT2D eigenvalue weighted by molar-refractivity contribution is 6.07. The van der Waals surface area contributed by atoms with Crippen molar-refractivity contribution in [3.05, 3.63) is 29.3 Å². The molecule has 1 aromatic carbocycles. The number of fused-ring (bicyclic) bond motifs is 1. The fourth-order valence-electron chi connectivity index (χ4n) is 7.27. The van der Waals surface area contributed by atoms with Crippen LogP contribution in [0.15, 0.2) is 18.2 Å². The highest BCUT2D eigenvalue weighted by Gasteiger charge is 2.71. The molecule has 2 aliphatic heterocycles. The minimum absolute atomic E-state index is 0.00376. The zero-order valence-corrected chi connectivity index (χ0v) is 19.0. The molecular weight excluding hydrogens is 394 g/mol. The lowest BCUT2D eigenvalue weighted by molar-refractivity contribution is -0.184. The van der Waals surface area contributed by atoms with Crippen molar-refractivity contribution in [1.29, 1.82) is 0 Å². The van der Waals surface area contributed by atoms with E-state index in [0.717, 1.165) is 30.7 Å². The van der Waals surface area contributed by atoms with Crippen LogP contribution in [-0.2, 0) is 16.6 Å². The Labute approximate surface area is 183 Å². The van der Waals surface area contributed by atoms with Crippen LogP contribution in [0.5, 0.6) is 5.75 Å². The molecule has 7 heteroatoms. The van der Waals surface area contributed by atoms with Gasteiger partial charge in [-0.3, -0.25) is 9.69 Å². The van der Waals surface area contributed by atoms with E-state index in [0.29, 0.717) is 32.4 Å². The molecule has 0 unspecified atom stereocenters. The summed E-state index contributed by atoms with van der Waals surface area (Å²) >= 11 is 0. The van der Waals surface area contributed by atoms with Crippen molar-refractivity contribution < 1.29 is 19.4 Å². The van der Waals surface area contributed by atoms with Crippen molar-refractivity contribution in [2.75, 3.05) is 33.8 Å². The average molecular weight is 428 g/mol. The molecule has 1 saturated carbocycles. The molecular formula is C24H33N3O4. The number of ether oxygens (including phenoxy) is 1. The topological polar surface area (TPSA) is 73.3 Å². The lowest BCUT2D eigenvalue weighted by Crippen LogP contribution is -2.76. The lowest BCUT2D eigenvalue weighted by Gasteiger charge is -2.66. The summed E-state index contributed by atoms with van der Waals surface area (Å²) in [6.45, 7) is 5.52. The Bertz CT molecular complexity index is 951. The number of carbonyl (C=O) groups is 2. The smallest absolute Gasteiger partial charge is 0.327 e. The first-order valence-electron chi connectivity index (χ1n) is 11.5. The van der Waals surface area contributed by atoms with E-state index in [-0.39, 0.29) is 18.0 Å². The SMILES string of the molecule is CCN1C(=O)N(CC)[C@]2(CC[C@@]3(O)[C@H]4Cc5ccc(OC)cc5[C@@]3(CCN4C)C2)C1=O. The molecule has 5 rings (SSSR count). The van der Waals surface area contributed by atoms with Gasteiger partial charge in [-0.15, -0.1) is 0 Å². The molecule has 2 heterocycles. The molecule has 0 aromatic heterocycles. The number of imide groups is 1. The monoisotopic (exact) mass is 427 g/mol. The van der Waals surface area contributed by atoms with Gasteiger partial charge < -0.3 is 19.6 Å². The zero-order chi connectivity index (χ0) is 22.2. The standard InChI is InChI=1S/C24H33N3O4/c1-5-26-20(28)23(27(6-2)21(26)29)9-10-24(30)19-13-16-7-8-17(31-4)14-18(16)22(24,15-23)11-12-25(19)3/h7-8,14,19,30H,5-6,9-13,15H2,1-4H3/t19-,22-,23+,24-/m1/s1. The third-order valence-electron chi connectivity index (χ3n) is 8.82. The number of hydrogen-bond acceptors (Lipinski definition) is 5. The molecule has 4 aliphatic rings. The fourth-order valence-corrected chi connectivity index (χ4v) is 7.27. The molecule has 2 aliphatic carbocycles. The van der Waals surface area contributed by atoms with Crippen molar-refractivity contribution in [1.82, 2.24) is 14.7 Å². The molecule has 168 valence electrons. The van der Waals surface area contributed by atoms with E-state index >= 15 is 0 Å². The molecule has 3 amide bonds. The molecule has 2 saturated heterocycles. The minimum atomic E-state index is -0.938. The highest BCUT2D eigenvalue weighted by Crippen LogP contribution is 2.62. The number of urea groups is 1. The van der Waals surface area contributed by atoms with Crippen LogP contribution in [0.2, 0.25) is 0 Å². The van der Waals surface area contributed by atoms with Crippen LogP contribution < -0.4 is 4.74 Å². The maximum absolute atomic E-state index is 13.7. The predicted octanol–water partition coefficient (Wildman–Crippen LogP) is 2.15. The number of benzene rings is 1. The second-order valence-corrected chi connectivity index (χ2v) is 9.76. The largest absolute Gasteiger partial charge is 0.497 e. The summed E-state index contributed by atoms with van der Waals surface area (Å²) in [7, 11) is 3.75. The van der Waals surface area contributed by atoms with E-state index in [4.69, 9.17) is 4.74 Å². The fraction of sp³-hybridized carbons (Fsp3) is 0.667. The van der Waals surface area contributed by atoms with E-state index < -0.39 is 16.6 Å². The van der Waals surface area contributed by atoms with Crippen molar-refractivity contribution in [2.24, 2.45) is 0 Å². The first-order valence-corrected chi connectivity index (χ1v) is 11.5. The first kappa shape index (κ1) is 20.8. The molecule has 3 fully saturated rings. The van der Waals surface area contributed by atoms with Gasteiger partial charge in [-0.05, 0) is 82.8 Å². The predicted molar refractivity (Wildman–Crippen MR) is 116 cm³/mol. The van der Waals surface area contributed by atoms with E-state index in [1.54, 1.807) is 12.0 Å². The van der Waals surface area contributed by atoms with Crippen LogP contribution in [-0.4, -0.2) is 82.7 Å². The van der Waals surface area contributed by atoms with Crippen molar-refractivity contribution in [3.8, 4) is 5.75 Å². The number of amides is 3. The summed E-state index contributed by atoms with van der Waals surface area (Å²) in [5.41, 5.74) is -0.0908. The van der Waals surface area contributed by atoms with Gasteiger partial charge in [-0.2, -0.15) is 0 Å². The van der Waals surface area contributed by atoms with Gasteiger partial charge >= 0.3 is 6.03 Å². The van der Waals surface area contributed by atoms with Gasteiger partial charge in [0.15, 0.2) is 0 Å². The molecule has 4 atom stereocenters. The molecule has 2 bridgehead atoms. The normalized spacial score (nSPS) is 37.3. The van der Waals surface area contributed by atoms with E-state index in [1.807, 2.05) is 19.9 Å². The van der Waals surface area contributed by atoms with Gasteiger partial charge in [0.05, 0.1) is 12.7 Å². The summed E-state index contributed by atoms with van der Waals surface area (Å²) in [6, 6.07) is 5.97. The summed E-state index contributed by atoms with van der Waals surface area (Å²) in [5, 5.41) is 12.3. The average Bonchev–Trinajstić information content (AvgIpc) is 2.96. The number of carbonyl (C=O) groups excluding carboxylic acids is 2. The van der Waals surface area contributed by atoms with Crippen LogP contribution in [0.4, 0.5) is 4.79 Å². The third kappa shape index (κ3) is 2.36. The molecule has 7 nitrogen and oxygen atoms in total. The van der Waals surface area contributed by atoms with Gasteiger partial charge in [0.2, 0.25) is 0 Å². The number of piperidine rings is 1. The number of likely N-dealkylation sites (tertiary alicyclic amines) is 1.